The zero-order chi connectivity index (χ0) is 20.1. The quantitative estimate of drug-likeness (QED) is 0.803. The monoisotopic (exact) mass is 399 g/mol. The Labute approximate surface area is 169 Å². The number of hydrogen-bond acceptors (Lipinski definition) is 6. The Balaban J connectivity index is 1.19. The summed E-state index contributed by atoms with van der Waals surface area (Å²) in [4.78, 5) is 29.9. The topological polar surface area (TPSA) is 93.9 Å². The number of hydrogen-bond donors (Lipinski definition) is 1. The number of amides is 2. The molecule has 8 heteroatoms. The Morgan fingerprint density at radius 1 is 1.17 bits per heavy atom. The van der Waals surface area contributed by atoms with Gasteiger partial charge in [-0.1, -0.05) is 12.1 Å². The molecular formula is C21H25N3O5. The molecule has 2 fully saturated rings. The first kappa shape index (κ1) is 19.4. The number of nitrogens with zero attached hydrogens (tertiary/aromatic N) is 2. The highest BCUT2D eigenvalue weighted by atomic mass is 16.6. The van der Waals surface area contributed by atoms with E-state index in [-0.39, 0.29) is 18.4 Å². The van der Waals surface area contributed by atoms with E-state index in [1.807, 2.05) is 29.2 Å². The molecule has 0 atom stereocenters. The van der Waals surface area contributed by atoms with Crippen molar-refractivity contribution < 1.29 is 23.5 Å². The van der Waals surface area contributed by atoms with Gasteiger partial charge in [0.2, 0.25) is 5.91 Å². The molecule has 29 heavy (non-hydrogen) atoms. The number of anilines is 1. The first-order valence-corrected chi connectivity index (χ1v) is 9.94. The number of carbonyl (C=O) groups excluding carboxylic acids is 2. The number of rotatable bonds is 6. The summed E-state index contributed by atoms with van der Waals surface area (Å²) < 4.78 is 15.2. The summed E-state index contributed by atoms with van der Waals surface area (Å²) in [5, 5.41) is 2.70. The van der Waals surface area contributed by atoms with Crippen molar-refractivity contribution in [1.29, 1.82) is 0 Å². The van der Waals surface area contributed by atoms with Gasteiger partial charge in [0.1, 0.15) is 0 Å². The van der Waals surface area contributed by atoms with Crippen molar-refractivity contribution in [2.24, 2.45) is 11.8 Å². The van der Waals surface area contributed by atoms with Crippen LogP contribution in [0, 0.1) is 11.8 Å². The smallest absolute Gasteiger partial charge is 0.412 e. The van der Waals surface area contributed by atoms with Gasteiger partial charge in [0, 0.05) is 18.8 Å². The van der Waals surface area contributed by atoms with Gasteiger partial charge in [-0.05, 0) is 42.9 Å². The molecule has 1 aromatic carbocycles. The molecule has 2 aliphatic heterocycles. The van der Waals surface area contributed by atoms with Gasteiger partial charge < -0.3 is 18.8 Å². The van der Waals surface area contributed by atoms with Crippen molar-refractivity contribution in [3.63, 3.8) is 0 Å². The summed E-state index contributed by atoms with van der Waals surface area (Å²) >= 11 is 0. The average Bonchev–Trinajstić information content (AvgIpc) is 3.21. The number of benzene rings is 1. The number of carbonyl (C=O) groups is 2. The van der Waals surface area contributed by atoms with Crippen LogP contribution < -0.4 is 5.32 Å². The molecule has 3 heterocycles. The Hall–Kier alpha value is -2.87. The summed E-state index contributed by atoms with van der Waals surface area (Å²) in [5.41, 5.74) is 1.90. The summed E-state index contributed by atoms with van der Waals surface area (Å²) in [5.74, 6) is 1.39. The molecule has 0 radical (unpaired) electrons. The van der Waals surface area contributed by atoms with Gasteiger partial charge in [0.05, 0.1) is 25.3 Å². The molecule has 1 N–H and O–H groups in total. The third kappa shape index (κ3) is 5.14. The van der Waals surface area contributed by atoms with E-state index < -0.39 is 6.09 Å². The van der Waals surface area contributed by atoms with Crippen LogP contribution in [0.15, 0.2) is 41.3 Å². The lowest BCUT2D eigenvalue weighted by atomic mass is 9.89. The third-order valence-corrected chi connectivity index (χ3v) is 5.47. The van der Waals surface area contributed by atoms with Crippen LogP contribution in [0.25, 0.3) is 0 Å². The van der Waals surface area contributed by atoms with E-state index in [1.165, 1.54) is 18.2 Å². The molecule has 2 saturated heterocycles. The van der Waals surface area contributed by atoms with Gasteiger partial charge in [0.25, 0.3) is 0 Å². The summed E-state index contributed by atoms with van der Waals surface area (Å²) in [6.45, 7) is 2.85. The van der Waals surface area contributed by atoms with Crippen molar-refractivity contribution in [3.8, 4) is 0 Å². The van der Waals surface area contributed by atoms with Gasteiger partial charge in [-0.3, -0.25) is 10.1 Å². The number of likely N-dealkylation sites (tertiary alicyclic amines) is 1. The van der Waals surface area contributed by atoms with Crippen LogP contribution in [-0.4, -0.2) is 48.2 Å². The molecule has 0 spiro atoms. The predicted molar refractivity (Wildman–Crippen MR) is 104 cm³/mol. The molecule has 0 unspecified atom stereocenters. The van der Waals surface area contributed by atoms with E-state index in [0.29, 0.717) is 30.6 Å². The van der Waals surface area contributed by atoms with Crippen LogP contribution in [-0.2, 0) is 27.3 Å². The van der Waals surface area contributed by atoms with E-state index in [1.54, 1.807) is 0 Å². The molecule has 0 saturated carbocycles. The molecular weight excluding hydrogens is 374 g/mol. The minimum atomic E-state index is -0.539. The number of aromatic nitrogens is 1. The van der Waals surface area contributed by atoms with Crippen LogP contribution >= 0.6 is 0 Å². The Bertz CT molecular complexity index is 809. The lowest BCUT2D eigenvalue weighted by Gasteiger charge is -2.36. The van der Waals surface area contributed by atoms with Gasteiger partial charge >= 0.3 is 6.09 Å². The molecule has 0 aliphatic carbocycles. The molecule has 2 aliphatic rings. The maximum Gasteiger partial charge on any atom is 0.412 e. The number of oxazole rings is 1. The lowest BCUT2D eigenvalue weighted by Crippen LogP contribution is -2.47. The van der Waals surface area contributed by atoms with Gasteiger partial charge in [-0.15, -0.1) is 0 Å². The highest BCUT2D eigenvalue weighted by molar-refractivity contribution is 5.84. The van der Waals surface area contributed by atoms with Gasteiger partial charge in [-0.25, -0.2) is 9.78 Å². The highest BCUT2D eigenvalue weighted by Crippen LogP contribution is 2.25. The maximum absolute atomic E-state index is 12.3. The second-order valence-corrected chi connectivity index (χ2v) is 7.57. The fraction of sp³-hybridized carbons (Fsp3) is 0.476. The number of ether oxygens (including phenoxy) is 2. The fourth-order valence-corrected chi connectivity index (χ4v) is 3.66. The Kier molecular flexibility index (Phi) is 6.09. The van der Waals surface area contributed by atoms with Crippen LogP contribution in [0.5, 0.6) is 0 Å². The van der Waals surface area contributed by atoms with E-state index in [0.717, 1.165) is 32.4 Å². The first-order valence-electron chi connectivity index (χ1n) is 9.94. The summed E-state index contributed by atoms with van der Waals surface area (Å²) in [7, 11) is 0. The molecule has 8 nitrogen and oxygen atoms in total. The largest absolute Gasteiger partial charge is 0.445 e. The molecule has 154 valence electrons. The first-order chi connectivity index (χ1) is 14.2. The molecule has 2 amide bonds. The molecule has 4 rings (SSSR count). The van der Waals surface area contributed by atoms with Crippen LogP contribution in [0.4, 0.5) is 10.5 Å². The zero-order valence-corrected chi connectivity index (χ0v) is 16.2. The maximum atomic E-state index is 12.3. The lowest BCUT2D eigenvalue weighted by molar-refractivity contribution is -0.151. The van der Waals surface area contributed by atoms with Crippen molar-refractivity contribution in [1.82, 2.24) is 9.88 Å². The van der Waals surface area contributed by atoms with Crippen LogP contribution in [0.1, 0.15) is 24.2 Å². The SMILES string of the molecule is O=C(Nc1ccc(CC2CCN(C(=O)C3COC3)CC2)cc1)OCc1cnco1. The summed E-state index contributed by atoms with van der Waals surface area (Å²) in [6.07, 6.45) is 5.28. The van der Waals surface area contributed by atoms with Crippen molar-refractivity contribution in [3.05, 3.63) is 48.2 Å². The predicted octanol–water partition coefficient (Wildman–Crippen LogP) is 2.85. The van der Waals surface area contributed by atoms with Gasteiger partial charge in [0.15, 0.2) is 18.8 Å². The zero-order valence-electron chi connectivity index (χ0n) is 16.2. The normalized spacial score (nSPS) is 17.6. The van der Waals surface area contributed by atoms with Crippen molar-refractivity contribution >= 4 is 17.7 Å². The van der Waals surface area contributed by atoms with E-state index >= 15 is 0 Å². The van der Waals surface area contributed by atoms with Crippen LogP contribution in [0.2, 0.25) is 0 Å². The van der Waals surface area contributed by atoms with E-state index in [9.17, 15) is 9.59 Å². The highest BCUT2D eigenvalue weighted by Gasteiger charge is 2.32. The minimum absolute atomic E-state index is 0.0406. The van der Waals surface area contributed by atoms with Crippen molar-refractivity contribution in [2.45, 2.75) is 25.9 Å². The standard InChI is InChI=1S/C21H25N3O5/c25-20(17-11-27-12-17)24-7-5-16(6-8-24)9-15-1-3-18(4-2-15)23-21(26)28-13-19-10-22-14-29-19/h1-4,10,14,16-17H,5-9,11-13H2,(H,23,26). The summed E-state index contributed by atoms with van der Waals surface area (Å²) in [6, 6.07) is 7.80. The third-order valence-electron chi connectivity index (χ3n) is 5.47. The van der Waals surface area contributed by atoms with Crippen LogP contribution in [0.3, 0.4) is 0 Å². The molecule has 1 aromatic heterocycles. The Morgan fingerprint density at radius 2 is 1.93 bits per heavy atom. The Morgan fingerprint density at radius 3 is 2.55 bits per heavy atom. The van der Waals surface area contributed by atoms with E-state index in [4.69, 9.17) is 13.9 Å². The number of nitrogens with one attached hydrogen (secondary N) is 1. The molecule has 0 bridgehead atoms. The van der Waals surface area contributed by atoms with Crippen molar-refractivity contribution in [2.75, 3.05) is 31.6 Å². The number of piperidine rings is 1. The fourth-order valence-electron chi connectivity index (χ4n) is 3.66. The van der Waals surface area contributed by atoms with Gasteiger partial charge in [-0.2, -0.15) is 0 Å². The van der Waals surface area contributed by atoms with E-state index in [2.05, 4.69) is 10.3 Å². The minimum Gasteiger partial charge on any atom is -0.445 e. The second-order valence-electron chi connectivity index (χ2n) is 7.57. The average molecular weight is 399 g/mol. The molecule has 2 aromatic rings. The second kappa shape index (κ2) is 9.09.